The number of carbonyl (C=O) groups is 1. The number of pyridine rings is 1. The Morgan fingerprint density at radius 3 is 2.38 bits per heavy atom. The van der Waals surface area contributed by atoms with Gasteiger partial charge in [0, 0.05) is 26.3 Å². The summed E-state index contributed by atoms with van der Waals surface area (Å²) in [4.78, 5) is 25.3. The normalized spacial score (nSPS) is 12.0. The largest absolute Gasteiger partial charge is 0.416 e. The van der Waals surface area contributed by atoms with Gasteiger partial charge >= 0.3 is 6.18 Å². The lowest BCUT2D eigenvalue weighted by Gasteiger charge is -2.09. The predicted octanol–water partition coefficient (Wildman–Crippen LogP) is 3.94. The molecule has 0 saturated heterocycles. The molecule has 0 saturated carbocycles. The molecule has 3 rings (SSSR count). The Morgan fingerprint density at radius 2 is 1.79 bits per heavy atom. The summed E-state index contributed by atoms with van der Waals surface area (Å²) < 4.78 is 41.2. The Bertz CT molecular complexity index is 1090. The van der Waals surface area contributed by atoms with Crippen LogP contribution < -0.4 is 10.9 Å². The Balaban J connectivity index is 1.79. The highest BCUT2D eigenvalue weighted by Crippen LogP contribution is 2.29. The van der Waals surface area contributed by atoms with Gasteiger partial charge in [-0.25, -0.2) is 0 Å². The lowest BCUT2D eigenvalue weighted by atomic mass is 10.1. The minimum absolute atomic E-state index is 0.0794. The predicted molar refractivity (Wildman–Crippen MR) is 105 cm³/mol. The van der Waals surface area contributed by atoms with Crippen LogP contribution in [0.5, 0.6) is 0 Å². The molecule has 1 N–H and O–H groups in total. The van der Waals surface area contributed by atoms with E-state index in [-0.39, 0.29) is 12.1 Å². The van der Waals surface area contributed by atoms with E-state index in [9.17, 15) is 22.8 Å². The van der Waals surface area contributed by atoms with E-state index in [1.165, 1.54) is 12.1 Å². The summed E-state index contributed by atoms with van der Waals surface area (Å²) >= 11 is 0. The average molecular weight is 405 g/mol. The van der Waals surface area contributed by atoms with Crippen molar-refractivity contribution >= 4 is 16.8 Å². The van der Waals surface area contributed by atoms with E-state index in [1.807, 2.05) is 13.8 Å². The van der Waals surface area contributed by atoms with Crippen LogP contribution in [0.3, 0.4) is 0 Å². The number of amides is 1. The van der Waals surface area contributed by atoms with Crippen LogP contribution in [-0.2, 0) is 26.3 Å². The number of hydrogen-bond acceptors (Lipinski definition) is 2. The fourth-order valence-electron chi connectivity index (χ4n) is 3.21. The molecule has 0 bridgehead atoms. The van der Waals surface area contributed by atoms with Crippen molar-refractivity contribution in [2.24, 2.45) is 13.0 Å². The maximum Gasteiger partial charge on any atom is 0.416 e. The second-order valence-corrected chi connectivity index (χ2v) is 7.43. The molecule has 0 aliphatic heterocycles. The van der Waals surface area contributed by atoms with Crippen molar-refractivity contribution in [1.29, 1.82) is 0 Å². The van der Waals surface area contributed by atoms with Gasteiger partial charge in [0.1, 0.15) is 5.69 Å². The number of fused-ring (bicyclic) bond motifs is 1. The van der Waals surface area contributed by atoms with Gasteiger partial charge in [-0.3, -0.25) is 9.59 Å². The number of nitrogens with zero attached hydrogens (tertiary/aromatic N) is 2. The monoisotopic (exact) mass is 405 g/mol. The smallest absolute Gasteiger partial charge is 0.347 e. The molecule has 2 heterocycles. The number of benzene rings is 1. The lowest BCUT2D eigenvalue weighted by molar-refractivity contribution is -0.137. The van der Waals surface area contributed by atoms with Gasteiger partial charge in [-0.15, -0.1) is 0 Å². The third-order valence-corrected chi connectivity index (χ3v) is 4.71. The van der Waals surface area contributed by atoms with Gasteiger partial charge in [-0.2, -0.15) is 13.2 Å². The molecular formula is C21H22F3N3O2. The number of aryl methyl sites for hydroxylation is 1. The van der Waals surface area contributed by atoms with Crippen molar-refractivity contribution in [2.75, 3.05) is 0 Å². The number of alkyl halides is 3. The van der Waals surface area contributed by atoms with E-state index in [1.54, 1.807) is 34.5 Å². The van der Waals surface area contributed by atoms with Crippen LogP contribution in [0.1, 0.15) is 35.5 Å². The number of nitrogens with one attached hydrogen (secondary N) is 1. The van der Waals surface area contributed by atoms with E-state index < -0.39 is 17.6 Å². The van der Waals surface area contributed by atoms with Crippen molar-refractivity contribution in [2.45, 2.75) is 33.1 Å². The zero-order valence-corrected chi connectivity index (χ0v) is 16.4. The van der Waals surface area contributed by atoms with Crippen LogP contribution in [-0.4, -0.2) is 15.0 Å². The zero-order valence-electron chi connectivity index (χ0n) is 16.4. The van der Waals surface area contributed by atoms with E-state index in [4.69, 9.17) is 0 Å². The molecule has 3 aromatic rings. The van der Waals surface area contributed by atoms with Crippen LogP contribution in [0.4, 0.5) is 13.2 Å². The van der Waals surface area contributed by atoms with Crippen molar-refractivity contribution in [3.8, 4) is 0 Å². The van der Waals surface area contributed by atoms with Crippen LogP contribution in [0.15, 0.2) is 47.4 Å². The van der Waals surface area contributed by atoms with E-state index in [0.29, 0.717) is 34.6 Å². The summed E-state index contributed by atoms with van der Waals surface area (Å²) in [6.07, 6.45) is -2.68. The molecule has 0 spiro atoms. The highest BCUT2D eigenvalue weighted by atomic mass is 19.4. The minimum Gasteiger partial charge on any atom is -0.347 e. The van der Waals surface area contributed by atoms with Crippen molar-refractivity contribution < 1.29 is 18.0 Å². The molecule has 8 heteroatoms. The molecule has 1 amide bonds. The summed E-state index contributed by atoms with van der Waals surface area (Å²) in [5, 5.41) is 3.15. The molecule has 0 unspecified atom stereocenters. The molecule has 0 fully saturated rings. The van der Waals surface area contributed by atoms with Gasteiger partial charge in [0.05, 0.1) is 16.5 Å². The molecule has 5 nitrogen and oxygen atoms in total. The van der Waals surface area contributed by atoms with Crippen molar-refractivity contribution in [3.05, 3.63) is 69.8 Å². The third-order valence-electron chi connectivity index (χ3n) is 4.71. The zero-order chi connectivity index (χ0) is 21.3. The summed E-state index contributed by atoms with van der Waals surface area (Å²) in [6, 6.07) is 7.97. The fourth-order valence-corrected chi connectivity index (χ4v) is 3.21. The first-order chi connectivity index (χ1) is 13.6. The highest BCUT2D eigenvalue weighted by Gasteiger charge is 2.29. The topological polar surface area (TPSA) is 56.0 Å². The van der Waals surface area contributed by atoms with Gasteiger partial charge in [-0.05, 0) is 35.7 Å². The Hall–Kier alpha value is -3.03. The standard InChI is InChI=1S/C21H22F3N3O2/c1-13(2)12-27-9-8-17-16(20(27)29)10-18(26(17)3)19(28)25-11-14-4-6-15(7-5-14)21(22,23)24/h4-10,13H,11-12H2,1-3H3,(H,25,28). The maximum atomic E-state index is 12.7. The quantitative estimate of drug-likeness (QED) is 0.699. The highest BCUT2D eigenvalue weighted by molar-refractivity contribution is 5.98. The summed E-state index contributed by atoms with van der Waals surface area (Å²) in [5.41, 5.74) is 0.609. The van der Waals surface area contributed by atoms with Crippen molar-refractivity contribution in [3.63, 3.8) is 0 Å². The van der Waals surface area contributed by atoms with E-state index in [0.717, 1.165) is 12.1 Å². The average Bonchev–Trinajstić information content (AvgIpc) is 2.99. The van der Waals surface area contributed by atoms with Crippen LogP contribution in [0.25, 0.3) is 10.9 Å². The second kappa shape index (κ2) is 7.77. The lowest BCUT2D eigenvalue weighted by Crippen LogP contribution is -2.24. The minimum atomic E-state index is -4.40. The van der Waals surface area contributed by atoms with Gasteiger partial charge in [0.2, 0.25) is 0 Å². The van der Waals surface area contributed by atoms with Gasteiger partial charge in [0.15, 0.2) is 0 Å². The summed E-state index contributed by atoms with van der Waals surface area (Å²) in [6.45, 7) is 4.69. The number of carbonyl (C=O) groups excluding carboxylic acids is 1. The molecular weight excluding hydrogens is 383 g/mol. The molecule has 2 aromatic heterocycles. The fraction of sp³-hybridized carbons (Fsp3) is 0.333. The maximum absolute atomic E-state index is 12.7. The Labute approximate surface area is 165 Å². The third kappa shape index (κ3) is 4.36. The van der Waals surface area contributed by atoms with E-state index >= 15 is 0 Å². The number of halogens is 3. The number of hydrogen-bond donors (Lipinski definition) is 1. The number of rotatable bonds is 5. The van der Waals surface area contributed by atoms with Crippen LogP contribution in [0.2, 0.25) is 0 Å². The summed E-state index contributed by atoms with van der Waals surface area (Å²) in [7, 11) is 1.70. The van der Waals surface area contributed by atoms with Crippen LogP contribution in [0, 0.1) is 5.92 Å². The first-order valence-electron chi connectivity index (χ1n) is 9.21. The first kappa shape index (κ1) is 20.7. The van der Waals surface area contributed by atoms with Crippen LogP contribution >= 0.6 is 0 Å². The molecule has 154 valence electrons. The van der Waals surface area contributed by atoms with E-state index in [2.05, 4.69) is 5.32 Å². The van der Waals surface area contributed by atoms with Gasteiger partial charge < -0.3 is 14.5 Å². The molecule has 1 aromatic carbocycles. The SMILES string of the molecule is CC(C)Cn1ccc2c(cc(C(=O)NCc3ccc(C(F)(F)F)cc3)n2C)c1=O. The Kier molecular flexibility index (Phi) is 5.55. The van der Waals surface area contributed by atoms with Crippen molar-refractivity contribution in [1.82, 2.24) is 14.5 Å². The summed E-state index contributed by atoms with van der Waals surface area (Å²) in [5.74, 6) is -0.0984. The Morgan fingerprint density at radius 1 is 1.14 bits per heavy atom. The molecule has 0 atom stereocenters. The first-order valence-corrected chi connectivity index (χ1v) is 9.21. The second-order valence-electron chi connectivity index (χ2n) is 7.43. The van der Waals surface area contributed by atoms with Gasteiger partial charge in [0.25, 0.3) is 11.5 Å². The number of aromatic nitrogens is 2. The molecule has 29 heavy (non-hydrogen) atoms. The molecule has 0 radical (unpaired) electrons. The molecule has 0 aliphatic carbocycles. The molecule has 0 aliphatic rings. The van der Waals surface area contributed by atoms with Gasteiger partial charge in [-0.1, -0.05) is 26.0 Å².